The van der Waals surface area contributed by atoms with Gasteiger partial charge >= 0.3 is 0 Å². The fourth-order valence-corrected chi connectivity index (χ4v) is 3.80. The molecule has 0 bridgehead atoms. The van der Waals surface area contributed by atoms with E-state index in [-0.39, 0.29) is 30.9 Å². The van der Waals surface area contributed by atoms with Crippen LogP contribution in [0.5, 0.6) is 5.75 Å². The van der Waals surface area contributed by atoms with E-state index in [0.29, 0.717) is 5.02 Å². The Morgan fingerprint density at radius 2 is 1.93 bits per heavy atom. The summed E-state index contributed by atoms with van der Waals surface area (Å²) in [6.45, 7) is 1.51. The van der Waals surface area contributed by atoms with Crippen LogP contribution in [-0.4, -0.2) is 35.4 Å². The van der Waals surface area contributed by atoms with Crippen molar-refractivity contribution in [2.45, 2.75) is 51.2 Å². The summed E-state index contributed by atoms with van der Waals surface area (Å²) in [5.74, 6) is -1.16. The Balaban J connectivity index is 1.72. The number of hydrogen-bond donors (Lipinski definition) is 1. The van der Waals surface area contributed by atoms with E-state index in [4.69, 9.17) is 16.3 Å². The number of rotatable bonds is 8. The van der Waals surface area contributed by atoms with Crippen LogP contribution in [0.4, 0.5) is 4.39 Å². The standard InChI is InChI=1S/C23H26ClFN2O3/c1-16(23(29)26-19-9-2-3-10-19)27(14-17-7-6-8-18(24)13-17)22(28)15-30-21-12-5-4-11-20(21)25/h4-8,11-13,16,19H,2-3,9-10,14-15H2,1H3,(H,26,29). The number of carbonyl (C=O) groups excluding carboxylic acids is 2. The molecule has 30 heavy (non-hydrogen) atoms. The number of ether oxygens (including phenoxy) is 1. The van der Waals surface area contributed by atoms with Crippen LogP contribution >= 0.6 is 11.6 Å². The summed E-state index contributed by atoms with van der Waals surface area (Å²) in [4.78, 5) is 27.2. The smallest absolute Gasteiger partial charge is 0.261 e. The van der Waals surface area contributed by atoms with Crippen molar-refractivity contribution in [3.63, 3.8) is 0 Å². The Morgan fingerprint density at radius 3 is 2.63 bits per heavy atom. The molecule has 160 valence electrons. The van der Waals surface area contributed by atoms with Crippen molar-refractivity contribution in [1.29, 1.82) is 0 Å². The predicted molar refractivity (Wildman–Crippen MR) is 114 cm³/mol. The molecule has 1 N–H and O–H groups in total. The summed E-state index contributed by atoms with van der Waals surface area (Å²) < 4.78 is 19.2. The van der Waals surface area contributed by atoms with Gasteiger partial charge in [0, 0.05) is 17.6 Å². The van der Waals surface area contributed by atoms with Crippen LogP contribution in [0.1, 0.15) is 38.2 Å². The molecule has 2 aromatic carbocycles. The minimum absolute atomic E-state index is 0.00313. The van der Waals surface area contributed by atoms with Crippen molar-refractivity contribution in [3.05, 3.63) is 64.9 Å². The van der Waals surface area contributed by atoms with Gasteiger partial charge in [0.15, 0.2) is 18.2 Å². The van der Waals surface area contributed by atoms with E-state index in [0.717, 1.165) is 31.2 Å². The molecule has 0 radical (unpaired) electrons. The van der Waals surface area contributed by atoms with E-state index in [9.17, 15) is 14.0 Å². The van der Waals surface area contributed by atoms with Crippen molar-refractivity contribution in [3.8, 4) is 5.75 Å². The highest BCUT2D eigenvalue weighted by atomic mass is 35.5. The lowest BCUT2D eigenvalue weighted by Gasteiger charge is -2.29. The number of hydrogen-bond acceptors (Lipinski definition) is 3. The Hall–Kier alpha value is -2.60. The minimum atomic E-state index is -0.707. The quantitative estimate of drug-likeness (QED) is 0.675. The summed E-state index contributed by atoms with van der Waals surface area (Å²) in [7, 11) is 0. The molecule has 2 amide bonds. The van der Waals surface area contributed by atoms with Gasteiger partial charge in [-0.25, -0.2) is 4.39 Å². The Bertz CT molecular complexity index is 886. The van der Waals surface area contributed by atoms with E-state index >= 15 is 0 Å². The number of carbonyl (C=O) groups is 2. The van der Waals surface area contributed by atoms with Gasteiger partial charge in [-0.15, -0.1) is 0 Å². The van der Waals surface area contributed by atoms with E-state index in [1.165, 1.54) is 17.0 Å². The molecule has 1 atom stereocenters. The van der Waals surface area contributed by atoms with Crippen LogP contribution in [0.15, 0.2) is 48.5 Å². The highest BCUT2D eigenvalue weighted by molar-refractivity contribution is 6.30. The second-order valence-corrected chi connectivity index (χ2v) is 7.97. The first-order valence-electron chi connectivity index (χ1n) is 10.2. The first-order chi connectivity index (χ1) is 14.4. The minimum Gasteiger partial charge on any atom is -0.481 e. The summed E-state index contributed by atoms with van der Waals surface area (Å²) in [6, 6.07) is 12.5. The maximum atomic E-state index is 13.8. The predicted octanol–water partition coefficient (Wildman–Crippen LogP) is 4.33. The maximum Gasteiger partial charge on any atom is 0.261 e. The average molecular weight is 433 g/mol. The van der Waals surface area contributed by atoms with Crippen LogP contribution in [0.2, 0.25) is 5.02 Å². The van der Waals surface area contributed by atoms with E-state index in [2.05, 4.69) is 5.32 Å². The lowest BCUT2D eigenvalue weighted by Crippen LogP contribution is -2.50. The molecule has 0 aliphatic heterocycles. The third-order valence-corrected chi connectivity index (χ3v) is 5.53. The van der Waals surface area contributed by atoms with Crippen LogP contribution < -0.4 is 10.1 Å². The molecule has 0 heterocycles. The summed E-state index contributed by atoms with van der Waals surface area (Å²) in [5, 5.41) is 3.58. The van der Waals surface area contributed by atoms with Crippen LogP contribution in [-0.2, 0) is 16.1 Å². The van der Waals surface area contributed by atoms with Gasteiger partial charge in [-0.1, -0.05) is 48.7 Å². The zero-order valence-corrected chi connectivity index (χ0v) is 17.7. The van der Waals surface area contributed by atoms with Gasteiger partial charge in [0.25, 0.3) is 5.91 Å². The summed E-state index contributed by atoms with van der Waals surface area (Å²) in [6.07, 6.45) is 4.11. The Morgan fingerprint density at radius 1 is 1.20 bits per heavy atom. The van der Waals surface area contributed by atoms with Crippen molar-refractivity contribution >= 4 is 23.4 Å². The fourth-order valence-electron chi connectivity index (χ4n) is 3.59. The zero-order chi connectivity index (χ0) is 21.5. The highest BCUT2D eigenvalue weighted by Gasteiger charge is 2.29. The first-order valence-corrected chi connectivity index (χ1v) is 10.5. The third-order valence-electron chi connectivity index (χ3n) is 5.30. The van der Waals surface area contributed by atoms with E-state index < -0.39 is 17.8 Å². The second-order valence-electron chi connectivity index (χ2n) is 7.54. The van der Waals surface area contributed by atoms with Gasteiger partial charge in [0.1, 0.15) is 6.04 Å². The average Bonchev–Trinajstić information content (AvgIpc) is 3.24. The molecular formula is C23H26ClFN2O3. The first kappa shape index (κ1) is 22.1. The number of halogens is 2. The second kappa shape index (κ2) is 10.4. The molecule has 0 aromatic heterocycles. The fraction of sp³-hybridized carbons (Fsp3) is 0.391. The summed E-state index contributed by atoms with van der Waals surface area (Å²) >= 11 is 6.07. The third kappa shape index (κ3) is 5.95. The summed E-state index contributed by atoms with van der Waals surface area (Å²) in [5.41, 5.74) is 0.794. The van der Waals surface area contributed by atoms with Crippen LogP contribution in [0, 0.1) is 5.82 Å². The molecule has 2 aromatic rings. The number of nitrogens with one attached hydrogen (secondary N) is 1. The van der Waals surface area contributed by atoms with Gasteiger partial charge in [0.2, 0.25) is 5.91 Å². The van der Waals surface area contributed by atoms with Crippen LogP contribution in [0.3, 0.4) is 0 Å². The van der Waals surface area contributed by atoms with Gasteiger partial charge in [-0.3, -0.25) is 9.59 Å². The van der Waals surface area contributed by atoms with Gasteiger partial charge in [0.05, 0.1) is 0 Å². The molecule has 1 aliphatic carbocycles. The monoisotopic (exact) mass is 432 g/mol. The number of nitrogens with zero attached hydrogens (tertiary/aromatic N) is 1. The zero-order valence-electron chi connectivity index (χ0n) is 16.9. The van der Waals surface area contributed by atoms with E-state index in [1.54, 1.807) is 37.3 Å². The molecule has 7 heteroatoms. The molecular weight excluding hydrogens is 407 g/mol. The van der Waals surface area contributed by atoms with Crippen molar-refractivity contribution in [2.24, 2.45) is 0 Å². The molecule has 1 saturated carbocycles. The molecule has 5 nitrogen and oxygen atoms in total. The Labute approximate surface area is 181 Å². The topological polar surface area (TPSA) is 58.6 Å². The molecule has 1 unspecified atom stereocenters. The number of benzene rings is 2. The number of amides is 2. The van der Waals surface area contributed by atoms with Gasteiger partial charge < -0.3 is 15.0 Å². The Kier molecular flexibility index (Phi) is 7.69. The van der Waals surface area contributed by atoms with Crippen molar-refractivity contribution in [1.82, 2.24) is 10.2 Å². The van der Waals surface area contributed by atoms with Crippen molar-refractivity contribution in [2.75, 3.05) is 6.61 Å². The van der Waals surface area contributed by atoms with Gasteiger partial charge in [-0.05, 0) is 49.6 Å². The van der Waals surface area contributed by atoms with Crippen molar-refractivity contribution < 1.29 is 18.7 Å². The largest absolute Gasteiger partial charge is 0.481 e. The van der Waals surface area contributed by atoms with Gasteiger partial charge in [-0.2, -0.15) is 0 Å². The van der Waals surface area contributed by atoms with E-state index in [1.807, 2.05) is 6.07 Å². The lowest BCUT2D eigenvalue weighted by molar-refractivity contribution is -0.142. The molecule has 3 rings (SSSR count). The lowest BCUT2D eigenvalue weighted by atomic mass is 10.1. The molecule has 1 fully saturated rings. The normalized spacial score (nSPS) is 14.9. The molecule has 1 aliphatic rings. The molecule has 0 spiro atoms. The SMILES string of the molecule is CC(C(=O)NC1CCCC1)N(Cc1cccc(Cl)c1)C(=O)COc1ccccc1F. The maximum absolute atomic E-state index is 13.8. The van der Waals surface area contributed by atoms with Crippen LogP contribution in [0.25, 0.3) is 0 Å². The molecule has 0 saturated heterocycles. The highest BCUT2D eigenvalue weighted by Crippen LogP contribution is 2.20. The number of para-hydroxylation sites is 1.